The van der Waals surface area contributed by atoms with E-state index in [1.54, 1.807) is 19.9 Å². The summed E-state index contributed by atoms with van der Waals surface area (Å²) in [5.41, 5.74) is 4.32. The molecule has 0 aromatic carbocycles. The molecule has 1 aliphatic heterocycles. The normalized spacial score (nSPS) is 24.4. The highest BCUT2D eigenvalue weighted by Crippen LogP contribution is 2.40. The van der Waals surface area contributed by atoms with Gasteiger partial charge < -0.3 is 20.1 Å². The summed E-state index contributed by atoms with van der Waals surface area (Å²) in [6.07, 6.45) is -2.58. The molecule has 1 amide bonds. The minimum atomic E-state index is -4.50. The van der Waals surface area contributed by atoms with Gasteiger partial charge in [0.2, 0.25) is 5.88 Å². The molecule has 3 rings (SSSR count). The van der Waals surface area contributed by atoms with Gasteiger partial charge in [-0.1, -0.05) is 13.8 Å². The zero-order valence-corrected chi connectivity index (χ0v) is 16.0. The number of hydrogen-bond donors (Lipinski definition) is 1. The molecule has 0 saturated carbocycles. The van der Waals surface area contributed by atoms with Crippen LogP contribution in [0.3, 0.4) is 0 Å². The van der Waals surface area contributed by atoms with E-state index in [1.165, 1.54) is 11.0 Å². The van der Waals surface area contributed by atoms with Crippen molar-refractivity contribution in [2.45, 2.75) is 32.0 Å². The van der Waals surface area contributed by atoms with Crippen LogP contribution >= 0.6 is 0 Å². The first kappa shape index (κ1) is 21.0. The van der Waals surface area contributed by atoms with Crippen molar-refractivity contribution in [1.29, 1.82) is 0 Å². The monoisotopic (exact) mass is 414 g/mol. The quantitative estimate of drug-likeness (QED) is 0.798. The third kappa shape index (κ3) is 4.66. The number of carbonyl (C=O) groups is 2. The minimum Gasteiger partial charge on any atom is -0.467 e. The van der Waals surface area contributed by atoms with Crippen molar-refractivity contribution in [3.63, 3.8) is 0 Å². The number of hydrogen-bond acceptors (Lipinski definition) is 7. The number of ketones is 1. The van der Waals surface area contributed by atoms with Crippen molar-refractivity contribution < 1.29 is 32.2 Å². The van der Waals surface area contributed by atoms with Crippen LogP contribution in [0.25, 0.3) is 0 Å². The number of Topliss-reactive ketones (excluding diaryl/α,β-unsaturated/α-hetero) is 1. The maximum Gasteiger partial charge on any atom is 0.422 e. The first-order chi connectivity index (χ1) is 13.4. The molecule has 2 heterocycles. The van der Waals surface area contributed by atoms with Gasteiger partial charge in [-0.15, -0.1) is 10.2 Å². The van der Waals surface area contributed by atoms with Crippen LogP contribution in [-0.4, -0.2) is 64.9 Å². The molecule has 2 N–H and O–H groups in total. The Labute approximate surface area is 164 Å². The number of nitrogens with two attached hydrogens (primary N) is 1. The van der Waals surface area contributed by atoms with Gasteiger partial charge in [-0.3, -0.25) is 9.59 Å². The Hall–Kier alpha value is -2.69. The number of allylic oxidation sites excluding steroid dienone is 1. The standard InChI is InChI=1S/C18H21F3N4O4/c1-16(2)8-17(7-11(22)14(16)26)9-25(5-6-29-17)15(27)12-3-4-13(24-23-12)28-10-18(19,20)21/h3-4,7H,5-6,8-10,22H2,1-2H3. The highest BCUT2D eigenvalue weighted by molar-refractivity contribution is 6.00. The lowest BCUT2D eigenvalue weighted by Gasteiger charge is -2.46. The second-order valence-corrected chi connectivity index (χ2v) is 7.79. The smallest absolute Gasteiger partial charge is 0.422 e. The fraction of sp³-hybridized carbons (Fsp3) is 0.556. The van der Waals surface area contributed by atoms with Gasteiger partial charge in [-0.05, 0) is 18.6 Å². The number of carbonyl (C=O) groups excluding carboxylic acids is 2. The van der Waals surface area contributed by atoms with E-state index in [4.69, 9.17) is 10.5 Å². The second kappa shape index (κ2) is 7.29. The SMILES string of the molecule is CC1(C)CC2(C=C(N)C1=O)CN(C(=O)c1ccc(OCC(F)(F)F)nn1)CCO2. The first-order valence-corrected chi connectivity index (χ1v) is 8.90. The fourth-order valence-corrected chi connectivity index (χ4v) is 3.62. The molecule has 8 nitrogen and oxygen atoms in total. The summed E-state index contributed by atoms with van der Waals surface area (Å²) in [5, 5.41) is 7.19. The van der Waals surface area contributed by atoms with Crippen molar-refractivity contribution in [2.24, 2.45) is 11.1 Å². The lowest BCUT2D eigenvalue weighted by Crippen LogP contribution is -2.57. The van der Waals surface area contributed by atoms with E-state index in [2.05, 4.69) is 14.9 Å². The van der Waals surface area contributed by atoms with Crippen LogP contribution in [0.4, 0.5) is 13.2 Å². The molecule has 1 saturated heterocycles. The molecule has 2 aliphatic rings. The summed E-state index contributed by atoms with van der Waals surface area (Å²) >= 11 is 0. The van der Waals surface area contributed by atoms with E-state index >= 15 is 0 Å². The predicted molar refractivity (Wildman–Crippen MR) is 93.8 cm³/mol. The van der Waals surface area contributed by atoms with E-state index in [-0.39, 0.29) is 42.8 Å². The summed E-state index contributed by atoms with van der Waals surface area (Å²) in [7, 11) is 0. The summed E-state index contributed by atoms with van der Waals surface area (Å²) in [5.74, 6) is -0.958. The molecule has 1 aliphatic carbocycles. The number of nitrogens with zero attached hydrogens (tertiary/aromatic N) is 3. The Morgan fingerprint density at radius 1 is 1.34 bits per heavy atom. The Morgan fingerprint density at radius 2 is 2.07 bits per heavy atom. The van der Waals surface area contributed by atoms with E-state index in [9.17, 15) is 22.8 Å². The van der Waals surface area contributed by atoms with Crippen LogP contribution in [0.15, 0.2) is 23.9 Å². The van der Waals surface area contributed by atoms with Gasteiger partial charge in [-0.25, -0.2) is 0 Å². The maximum absolute atomic E-state index is 12.8. The molecule has 1 unspecified atom stereocenters. The summed E-state index contributed by atoms with van der Waals surface area (Å²) in [6, 6.07) is 2.41. The van der Waals surface area contributed by atoms with Gasteiger partial charge >= 0.3 is 6.18 Å². The molecule has 0 radical (unpaired) electrons. The molecule has 1 atom stereocenters. The molecule has 1 aromatic heterocycles. The lowest BCUT2D eigenvalue weighted by atomic mass is 9.71. The average molecular weight is 414 g/mol. The van der Waals surface area contributed by atoms with E-state index in [0.717, 1.165) is 6.07 Å². The third-order valence-corrected chi connectivity index (χ3v) is 4.78. The van der Waals surface area contributed by atoms with Crippen LogP contribution in [-0.2, 0) is 9.53 Å². The average Bonchev–Trinajstić information content (AvgIpc) is 2.63. The largest absolute Gasteiger partial charge is 0.467 e. The Kier molecular flexibility index (Phi) is 5.28. The van der Waals surface area contributed by atoms with Crippen LogP contribution in [0.5, 0.6) is 5.88 Å². The highest BCUT2D eigenvalue weighted by Gasteiger charge is 2.48. The van der Waals surface area contributed by atoms with E-state index in [0.29, 0.717) is 6.42 Å². The van der Waals surface area contributed by atoms with E-state index < -0.39 is 29.7 Å². The summed E-state index contributed by atoms with van der Waals surface area (Å²) < 4.78 is 47.0. The minimum absolute atomic E-state index is 0.0375. The van der Waals surface area contributed by atoms with Crippen LogP contribution in [0.2, 0.25) is 0 Å². The van der Waals surface area contributed by atoms with Crippen LogP contribution < -0.4 is 10.5 Å². The van der Waals surface area contributed by atoms with Crippen LogP contribution in [0.1, 0.15) is 30.8 Å². The number of amides is 1. The molecule has 1 spiro atoms. The van der Waals surface area contributed by atoms with Crippen molar-refractivity contribution in [3.8, 4) is 5.88 Å². The molecule has 158 valence electrons. The highest BCUT2D eigenvalue weighted by atomic mass is 19.4. The van der Waals surface area contributed by atoms with Crippen molar-refractivity contribution in [3.05, 3.63) is 29.6 Å². The van der Waals surface area contributed by atoms with Crippen molar-refractivity contribution in [2.75, 3.05) is 26.3 Å². The van der Waals surface area contributed by atoms with Gasteiger partial charge in [0.05, 0.1) is 18.8 Å². The zero-order chi connectivity index (χ0) is 21.4. The second-order valence-electron chi connectivity index (χ2n) is 7.79. The Morgan fingerprint density at radius 3 is 2.66 bits per heavy atom. The Bertz CT molecular complexity index is 839. The molecule has 0 bridgehead atoms. The number of ether oxygens (including phenoxy) is 2. The summed E-state index contributed by atoms with van der Waals surface area (Å²) in [4.78, 5) is 26.5. The zero-order valence-electron chi connectivity index (χ0n) is 16.0. The lowest BCUT2D eigenvalue weighted by molar-refractivity contribution is -0.154. The fourth-order valence-electron chi connectivity index (χ4n) is 3.62. The number of aromatic nitrogens is 2. The van der Waals surface area contributed by atoms with Crippen molar-refractivity contribution in [1.82, 2.24) is 15.1 Å². The molecular weight excluding hydrogens is 393 g/mol. The molecular formula is C18H21F3N4O4. The number of morpholine rings is 1. The first-order valence-electron chi connectivity index (χ1n) is 8.90. The predicted octanol–water partition coefficient (Wildman–Crippen LogP) is 1.47. The topological polar surface area (TPSA) is 108 Å². The van der Waals surface area contributed by atoms with E-state index in [1.807, 2.05) is 0 Å². The number of rotatable bonds is 3. The van der Waals surface area contributed by atoms with Crippen molar-refractivity contribution >= 4 is 11.7 Å². The number of halogens is 3. The van der Waals surface area contributed by atoms with Crippen LogP contribution in [0, 0.1) is 5.41 Å². The van der Waals surface area contributed by atoms with Gasteiger partial charge in [0.15, 0.2) is 18.1 Å². The molecule has 29 heavy (non-hydrogen) atoms. The molecule has 1 fully saturated rings. The van der Waals surface area contributed by atoms with Gasteiger partial charge in [-0.2, -0.15) is 13.2 Å². The Balaban J connectivity index is 1.72. The summed E-state index contributed by atoms with van der Waals surface area (Å²) in [6.45, 7) is 2.73. The third-order valence-electron chi connectivity index (χ3n) is 4.78. The molecule has 1 aromatic rings. The maximum atomic E-state index is 12.8. The molecule has 11 heteroatoms. The number of alkyl halides is 3. The van der Waals surface area contributed by atoms with Gasteiger partial charge in [0.25, 0.3) is 5.91 Å². The van der Waals surface area contributed by atoms with Gasteiger partial charge in [0, 0.05) is 18.0 Å². The van der Waals surface area contributed by atoms with Gasteiger partial charge in [0.1, 0.15) is 5.60 Å².